The monoisotopic (exact) mass is 355 g/mol. The Morgan fingerprint density at radius 2 is 2.08 bits per heavy atom. The molecule has 5 nitrogen and oxygen atoms in total. The number of hydrogen-bond donors (Lipinski definition) is 1. The van der Waals surface area contributed by atoms with Gasteiger partial charge in [0.15, 0.2) is 29.8 Å². The first-order valence-electron chi connectivity index (χ1n) is 9.23. The molecule has 2 heterocycles. The summed E-state index contributed by atoms with van der Waals surface area (Å²) in [5.41, 5.74) is 7.92. The summed E-state index contributed by atoms with van der Waals surface area (Å²) in [5.74, 6) is 0.269. The van der Waals surface area contributed by atoms with Crippen LogP contribution in [0.15, 0.2) is 47.3 Å². The summed E-state index contributed by atoms with van der Waals surface area (Å²) in [5, 5.41) is 0. The lowest BCUT2D eigenvalue weighted by Gasteiger charge is -2.37. The van der Waals surface area contributed by atoms with E-state index in [-0.39, 0.29) is 22.9 Å². The maximum atomic E-state index is 13.0. The van der Waals surface area contributed by atoms with Crippen molar-refractivity contribution in [3.63, 3.8) is 0 Å². The lowest BCUT2D eigenvalue weighted by atomic mass is 9.69. The van der Waals surface area contributed by atoms with Crippen molar-refractivity contribution in [2.24, 2.45) is 11.1 Å². The highest BCUT2D eigenvalue weighted by atomic mass is 16.5. The first-order chi connectivity index (χ1) is 12.3. The molecule has 0 saturated carbocycles. The van der Waals surface area contributed by atoms with Crippen LogP contribution in [0.1, 0.15) is 58.4 Å². The van der Waals surface area contributed by atoms with Gasteiger partial charge in [-0.3, -0.25) is 9.59 Å². The minimum absolute atomic E-state index is 0.0436. The third-order valence-electron chi connectivity index (χ3n) is 5.16. The molecule has 0 aromatic carbocycles. The minimum atomic E-state index is -0.450. The van der Waals surface area contributed by atoms with Gasteiger partial charge in [-0.2, -0.15) is 0 Å². The van der Waals surface area contributed by atoms with Crippen molar-refractivity contribution < 1.29 is 18.9 Å². The van der Waals surface area contributed by atoms with Crippen LogP contribution in [0.2, 0.25) is 0 Å². The Morgan fingerprint density at radius 1 is 1.35 bits per heavy atom. The Labute approximate surface area is 154 Å². The highest BCUT2D eigenvalue weighted by molar-refractivity contribution is 6.05. The van der Waals surface area contributed by atoms with Crippen molar-refractivity contribution in [2.45, 2.75) is 59.4 Å². The van der Waals surface area contributed by atoms with Gasteiger partial charge in [0.2, 0.25) is 0 Å². The Hall–Kier alpha value is -2.43. The van der Waals surface area contributed by atoms with E-state index in [1.807, 2.05) is 42.9 Å². The molecule has 2 aliphatic rings. The summed E-state index contributed by atoms with van der Waals surface area (Å²) >= 11 is 0. The summed E-state index contributed by atoms with van der Waals surface area (Å²) in [6, 6.07) is 3.89. The number of carbonyl (C=O) groups is 2. The zero-order valence-electron chi connectivity index (χ0n) is 16.0. The van der Waals surface area contributed by atoms with Crippen molar-refractivity contribution in [2.75, 3.05) is 0 Å². The van der Waals surface area contributed by atoms with E-state index < -0.39 is 5.92 Å². The Morgan fingerprint density at radius 3 is 2.73 bits per heavy atom. The molecule has 2 N–H and O–H groups in total. The molecule has 5 heteroatoms. The number of ether oxygens (including phenoxy) is 1. The zero-order chi connectivity index (χ0) is 19.1. The predicted octanol–water partition coefficient (Wildman–Crippen LogP) is 2.90. The van der Waals surface area contributed by atoms with E-state index in [0.717, 1.165) is 12.1 Å². The minimum Gasteiger partial charge on any atom is -0.445 e. The lowest BCUT2D eigenvalue weighted by Crippen LogP contribution is -2.37. The maximum Gasteiger partial charge on any atom is 0.198 e. The zero-order valence-corrected chi connectivity index (χ0v) is 16.0. The molecule has 0 bridgehead atoms. The summed E-state index contributed by atoms with van der Waals surface area (Å²) in [6.45, 7) is 8.75. The summed E-state index contributed by atoms with van der Waals surface area (Å²) < 4.78 is 7.86. The van der Waals surface area contributed by atoms with Crippen LogP contribution in [0.5, 0.6) is 0 Å². The molecule has 1 aromatic heterocycles. The third kappa shape index (κ3) is 3.18. The van der Waals surface area contributed by atoms with E-state index in [9.17, 15) is 9.59 Å². The van der Waals surface area contributed by atoms with Gasteiger partial charge in [-0.05, 0) is 18.4 Å². The van der Waals surface area contributed by atoms with Gasteiger partial charge < -0.3 is 10.5 Å². The maximum absolute atomic E-state index is 13.0. The van der Waals surface area contributed by atoms with Gasteiger partial charge in [0.1, 0.15) is 12.3 Å². The van der Waals surface area contributed by atoms with E-state index in [1.165, 1.54) is 0 Å². The molecule has 1 aliphatic heterocycles. The van der Waals surface area contributed by atoms with Crippen LogP contribution in [0, 0.1) is 5.41 Å². The fourth-order valence-electron chi connectivity index (χ4n) is 3.90. The molecule has 0 radical (unpaired) electrons. The van der Waals surface area contributed by atoms with Gasteiger partial charge in [-0.1, -0.05) is 20.8 Å². The number of aryl methyl sites for hydroxylation is 1. The van der Waals surface area contributed by atoms with Crippen molar-refractivity contribution in [1.82, 2.24) is 0 Å². The number of aromatic nitrogens is 1. The number of carbonyl (C=O) groups excluding carboxylic acids is 2. The molecule has 26 heavy (non-hydrogen) atoms. The number of pyridine rings is 1. The van der Waals surface area contributed by atoms with Gasteiger partial charge in [-0.25, -0.2) is 4.57 Å². The van der Waals surface area contributed by atoms with Crippen LogP contribution in [0.4, 0.5) is 0 Å². The van der Waals surface area contributed by atoms with Crippen molar-refractivity contribution >= 4 is 11.6 Å². The van der Waals surface area contributed by atoms with Crippen LogP contribution >= 0.6 is 0 Å². The Kier molecular flexibility index (Phi) is 4.74. The number of rotatable bonds is 4. The molecule has 1 unspecified atom stereocenters. The number of hydrogen-bond acceptors (Lipinski definition) is 4. The first kappa shape index (κ1) is 18.4. The highest BCUT2D eigenvalue weighted by Crippen LogP contribution is 2.48. The van der Waals surface area contributed by atoms with Crippen molar-refractivity contribution in [3.8, 4) is 0 Å². The summed E-state index contributed by atoms with van der Waals surface area (Å²) in [7, 11) is 0. The smallest absolute Gasteiger partial charge is 0.198 e. The first-order valence-corrected chi connectivity index (χ1v) is 9.23. The van der Waals surface area contributed by atoms with E-state index >= 15 is 0 Å². The molecule has 138 valence electrons. The number of nitrogens with two attached hydrogens (primary N) is 1. The van der Waals surface area contributed by atoms with Gasteiger partial charge in [-0.15, -0.1) is 0 Å². The number of ketones is 2. The SMILES string of the molecule is CCC(=O)C1=C(N)OC2=C(C(=O)CC(C)(C)C2)C1c1ccc[n+](CC)c1. The molecule has 1 aliphatic carbocycles. The van der Waals surface area contributed by atoms with E-state index in [0.29, 0.717) is 36.2 Å². The topological polar surface area (TPSA) is 73.3 Å². The highest BCUT2D eigenvalue weighted by Gasteiger charge is 2.44. The van der Waals surface area contributed by atoms with Crippen LogP contribution in [-0.2, 0) is 20.9 Å². The predicted molar refractivity (Wildman–Crippen MR) is 97.7 cm³/mol. The standard InChI is InChI=1S/C21H26N2O3/c1-5-14(24)19-17(13-8-7-9-23(6-2)12-13)18-15(25)10-21(3,4)11-16(18)26-20(19)22/h7-9,12,17H,5-6,10-11H2,1-4H3,(H-,22,24)/p+1. The Bertz CT molecular complexity index is 833. The van der Waals surface area contributed by atoms with Gasteiger partial charge in [0, 0.05) is 36.5 Å². The third-order valence-corrected chi connectivity index (χ3v) is 5.16. The molecular formula is C21H27N2O3+. The van der Waals surface area contributed by atoms with Gasteiger partial charge in [0.25, 0.3) is 0 Å². The normalized spacial score (nSPS) is 22.2. The van der Waals surface area contributed by atoms with Crippen molar-refractivity contribution in [3.05, 3.63) is 52.9 Å². The molecule has 1 atom stereocenters. The summed E-state index contributed by atoms with van der Waals surface area (Å²) in [6.07, 6.45) is 5.36. The van der Waals surface area contributed by atoms with E-state index in [4.69, 9.17) is 10.5 Å². The van der Waals surface area contributed by atoms with Crippen LogP contribution in [-0.4, -0.2) is 11.6 Å². The van der Waals surface area contributed by atoms with E-state index in [2.05, 4.69) is 6.92 Å². The van der Waals surface area contributed by atoms with E-state index in [1.54, 1.807) is 6.92 Å². The Balaban J connectivity index is 2.21. The molecule has 0 fully saturated rings. The second-order valence-electron chi connectivity index (χ2n) is 7.84. The second kappa shape index (κ2) is 6.71. The largest absolute Gasteiger partial charge is 0.445 e. The number of Topliss-reactive ketones (excluding diaryl/α,β-unsaturated/α-hetero) is 2. The number of nitrogens with zero attached hydrogens (tertiary/aromatic N) is 1. The molecule has 0 spiro atoms. The van der Waals surface area contributed by atoms with Crippen LogP contribution in [0.25, 0.3) is 0 Å². The van der Waals surface area contributed by atoms with Crippen molar-refractivity contribution in [1.29, 1.82) is 0 Å². The average Bonchev–Trinajstić information content (AvgIpc) is 2.58. The number of allylic oxidation sites excluding steroid dienone is 3. The molecule has 0 saturated heterocycles. The molecule has 1 aromatic rings. The average molecular weight is 355 g/mol. The fourth-order valence-corrected chi connectivity index (χ4v) is 3.90. The molecule has 3 rings (SSSR count). The second-order valence-corrected chi connectivity index (χ2v) is 7.84. The fraction of sp³-hybridized carbons (Fsp3) is 0.476. The molecule has 0 amide bonds. The van der Waals surface area contributed by atoms with Gasteiger partial charge in [0.05, 0.1) is 11.5 Å². The molecular weight excluding hydrogens is 328 g/mol. The lowest BCUT2D eigenvalue weighted by molar-refractivity contribution is -0.694. The van der Waals surface area contributed by atoms with Crippen LogP contribution in [0.3, 0.4) is 0 Å². The van der Waals surface area contributed by atoms with Gasteiger partial charge >= 0.3 is 0 Å². The summed E-state index contributed by atoms with van der Waals surface area (Å²) in [4.78, 5) is 25.7. The van der Waals surface area contributed by atoms with Crippen LogP contribution < -0.4 is 10.3 Å². The quantitative estimate of drug-likeness (QED) is 0.843.